The molecular formula is C16H26ClFN2. The Balaban J connectivity index is 0.00000200. The first-order chi connectivity index (χ1) is 8.89. The van der Waals surface area contributed by atoms with Gasteiger partial charge in [-0.25, -0.2) is 4.39 Å². The Hall–Kier alpha value is -0.640. The summed E-state index contributed by atoms with van der Waals surface area (Å²) in [6.07, 6.45) is 0. The van der Waals surface area contributed by atoms with Gasteiger partial charge < -0.3 is 5.32 Å². The number of hydrogen-bond donors (Lipinski definition) is 1. The SMILES string of the molecule is Cc1ccc(F)c([C@@H](N2CCNCC2)C(C)(C)C)c1.Cl. The summed E-state index contributed by atoms with van der Waals surface area (Å²) in [6, 6.07) is 5.59. The molecule has 1 aromatic rings. The molecule has 1 atom stereocenters. The molecule has 0 aliphatic carbocycles. The molecule has 4 heteroatoms. The van der Waals surface area contributed by atoms with Crippen LogP contribution in [0.25, 0.3) is 0 Å². The number of hydrogen-bond acceptors (Lipinski definition) is 2. The molecule has 114 valence electrons. The molecule has 1 heterocycles. The number of halogens is 2. The summed E-state index contributed by atoms with van der Waals surface area (Å²) in [7, 11) is 0. The molecule has 1 saturated heterocycles. The van der Waals surface area contributed by atoms with Crippen molar-refractivity contribution in [2.75, 3.05) is 26.2 Å². The Morgan fingerprint density at radius 3 is 2.35 bits per heavy atom. The molecule has 1 aliphatic rings. The maximum atomic E-state index is 14.3. The molecule has 0 saturated carbocycles. The Bertz CT molecular complexity index is 437. The molecule has 0 radical (unpaired) electrons. The fourth-order valence-corrected chi connectivity index (χ4v) is 3.02. The van der Waals surface area contributed by atoms with Crippen LogP contribution in [-0.4, -0.2) is 31.1 Å². The van der Waals surface area contributed by atoms with Crippen molar-refractivity contribution in [2.45, 2.75) is 33.7 Å². The van der Waals surface area contributed by atoms with Crippen molar-refractivity contribution in [3.05, 3.63) is 35.1 Å². The van der Waals surface area contributed by atoms with Gasteiger partial charge in [0.1, 0.15) is 5.82 Å². The van der Waals surface area contributed by atoms with Crippen LogP contribution in [0.1, 0.15) is 37.9 Å². The van der Waals surface area contributed by atoms with Crippen molar-refractivity contribution < 1.29 is 4.39 Å². The average Bonchev–Trinajstić information content (AvgIpc) is 2.33. The normalized spacial score (nSPS) is 18.4. The molecule has 0 spiro atoms. The zero-order valence-electron chi connectivity index (χ0n) is 12.9. The topological polar surface area (TPSA) is 15.3 Å². The maximum absolute atomic E-state index is 14.3. The third kappa shape index (κ3) is 3.94. The first kappa shape index (κ1) is 17.4. The van der Waals surface area contributed by atoms with Crippen molar-refractivity contribution in [3.8, 4) is 0 Å². The average molecular weight is 301 g/mol. The Morgan fingerprint density at radius 1 is 1.20 bits per heavy atom. The maximum Gasteiger partial charge on any atom is 0.128 e. The number of rotatable bonds is 2. The van der Waals surface area contributed by atoms with Gasteiger partial charge in [0.05, 0.1) is 0 Å². The number of benzene rings is 1. The van der Waals surface area contributed by atoms with Crippen molar-refractivity contribution >= 4 is 12.4 Å². The highest BCUT2D eigenvalue weighted by Crippen LogP contribution is 2.39. The molecular weight excluding hydrogens is 275 g/mol. The first-order valence-electron chi connectivity index (χ1n) is 7.10. The summed E-state index contributed by atoms with van der Waals surface area (Å²) in [5, 5.41) is 3.36. The second-order valence-electron chi connectivity index (χ2n) is 6.58. The highest BCUT2D eigenvalue weighted by Gasteiger charge is 2.34. The van der Waals surface area contributed by atoms with E-state index in [1.165, 1.54) is 0 Å². The summed E-state index contributed by atoms with van der Waals surface area (Å²) >= 11 is 0. The van der Waals surface area contributed by atoms with Crippen LogP contribution in [0.5, 0.6) is 0 Å². The standard InChI is InChI=1S/C16H25FN2.ClH/c1-12-5-6-14(17)13(11-12)15(16(2,3)4)19-9-7-18-8-10-19;/h5-6,11,15,18H,7-10H2,1-4H3;1H/t15-;/m1./s1. The third-order valence-electron chi connectivity index (χ3n) is 3.78. The minimum Gasteiger partial charge on any atom is -0.314 e. The lowest BCUT2D eigenvalue weighted by molar-refractivity contribution is 0.0834. The van der Waals surface area contributed by atoms with Gasteiger partial charge in [0.25, 0.3) is 0 Å². The van der Waals surface area contributed by atoms with E-state index in [0.717, 1.165) is 37.3 Å². The molecule has 1 fully saturated rings. The van der Waals surface area contributed by atoms with Crippen LogP contribution in [0.15, 0.2) is 18.2 Å². The van der Waals surface area contributed by atoms with Crippen molar-refractivity contribution in [1.82, 2.24) is 10.2 Å². The highest BCUT2D eigenvalue weighted by molar-refractivity contribution is 5.85. The second kappa shape index (κ2) is 6.88. The molecule has 2 rings (SSSR count). The lowest BCUT2D eigenvalue weighted by Crippen LogP contribution is -2.48. The van der Waals surface area contributed by atoms with Crippen molar-refractivity contribution in [1.29, 1.82) is 0 Å². The predicted octanol–water partition coefficient (Wildman–Crippen LogP) is 3.55. The second-order valence-corrected chi connectivity index (χ2v) is 6.58. The quantitative estimate of drug-likeness (QED) is 0.898. The Kier molecular flexibility index (Phi) is 5.99. The van der Waals surface area contributed by atoms with Gasteiger partial charge in [0.15, 0.2) is 0 Å². The fraction of sp³-hybridized carbons (Fsp3) is 0.625. The molecule has 1 N–H and O–H groups in total. The van der Waals surface area contributed by atoms with E-state index in [1.807, 2.05) is 19.1 Å². The summed E-state index contributed by atoms with van der Waals surface area (Å²) in [5.41, 5.74) is 1.99. The van der Waals surface area contributed by atoms with Gasteiger partial charge >= 0.3 is 0 Å². The Morgan fingerprint density at radius 2 is 1.80 bits per heavy atom. The highest BCUT2D eigenvalue weighted by atomic mass is 35.5. The number of aryl methyl sites for hydroxylation is 1. The van der Waals surface area contributed by atoms with E-state index in [9.17, 15) is 4.39 Å². The molecule has 20 heavy (non-hydrogen) atoms. The van der Waals surface area contributed by atoms with E-state index in [0.29, 0.717) is 0 Å². The van der Waals surface area contributed by atoms with E-state index < -0.39 is 0 Å². The number of nitrogens with one attached hydrogen (secondary N) is 1. The number of piperazine rings is 1. The monoisotopic (exact) mass is 300 g/mol. The van der Waals surface area contributed by atoms with Crippen molar-refractivity contribution in [2.24, 2.45) is 5.41 Å². The van der Waals surface area contributed by atoms with Crippen LogP contribution < -0.4 is 5.32 Å². The van der Waals surface area contributed by atoms with Crippen LogP contribution in [0.3, 0.4) is 0 Å². The molecule has 0 unspecified atom stereocenters. The van der Waals surface area contributed by atoms with E-state index in [1.54, 1.807) is 6.07 Å². The van der Waals surface area contributed by atoms with Crippen LogP contribution in [0.2, 0.25) is 0 Å². The van der Waals surface area contributed by atoms with E-state index in [-0.39, 0.29) is 29.7 Å². The minimum absolute atomic E-state index is 0. The van der Waals surface area contributed by atoms with Crippen LogP contribution in [-0.2, 0) is 0 Å². The molecule has 1 aromatic carbocycles. The predicted molar refractivity (Wildman–Crippen MR) is 85.0 cm³/mol. The Labute approximate surface area is 128 Å². The van der Waals surface area contributed by atoms with Gasteiger partial charge in [-0.3, -0.25) is 4.90 Å². The lowest BCUT2D eigenvalue weighted by Gasteiger charge is -2.42. The van der Waals surface area contributed by atoms with Gasteiger partial charge in [-0.05, 0) is 18.4 Å². The molecule has 1 aliphatic heterocycles. The van der Waals surface area contributed by atoms with Crippen LogP contribution in [0.4, 0.5) is 4.39 Å². The largest absolute Gasteiger partial charge is 0.314 e. The zero-order valence-corrected chi connectivity index (χ0v) is 13.7. The lowest BCUT2D eigenvalue weighted by atomic mass is 9.80. The third-order valence-corrected chi connectivity index (χ3v) is 3.78. The van der Waals surface area contributed by atoms with Crippen molar-refractivity contribution in [3.63, 3.8) is 0 Å². The van der Waals surface area contributed by atoms with E-state index in [4.69, 9.17) is 0 Å². The molecule has 0 amide bonds. The summed E-state index contributed by atoms with van der Waals surface area (Å²) in [4.78, 5) is 2.41. The van der Waals surface area contributed by atoms with Crippen LogP contribution in [0, 0.1) is 18.2 Å². The summed E-state index contributed by atoms with van der Waals surface area (Å²) in [6.45, 7) is 12.6. The van der Waals surface area contributed by atoms with E-state index in [2.05, 4.69) is 31.0 Å². The zero-order chi connectivity index (χ0) is 14.0. The molecule has 0 aromatic heterocycles. The van der Waals surface area contributed by atoms with Gasteiger partial charge in [-0.2, -0.15) is 0 Å². The number of nitrogens with zero attached hydrogens (tertiary/aromatic N) is 1. The molecule has 2 nitrogen and oxygen atoms in total. The minimum atomic E-state index is -0.0796. The fourth-order valence-electron chi connectivity index (χ4n) is 3.02. The van der Waals surface area contributed by atoms with Gasteiger partial charge in [0, 0.05) is 37.8 Å². The first-order valence-corrected chi connectivity index (χ1v) is 7.10. The smallest absolute Gasteiger partial charge is 0.128 e. The summed E-state index contributed by atoms with van der Waals surface area (Å²) in [5.74, 6) is -0.0796. The van der Waals surface area contributed by atoms with Gasteiger partial charge in [0.2, 0.25) is 0 Å². The van der Waals surface area contributed by atoms with Crippen LogP contribution >= 0.6 is 12.4 Å². The summed E-state index contributed by atoms with van der Waals surface area (Å²) < 4.78 is 14.3. The van der Waals surface area contributed by atoms with Gasteiger partial charge in [-0.15, -0.1) is 12.4 Å². The van der Waals surface area contributed by atoms with E-state index >= 15 is 0 Å². The van der Waals surface area contributed by atoms with Gasteiger partial charge in [-0.1, -0.05) is 38.5 Å². The molecule has 0 bridgehead atoms.